The van der Waals surface area contributed by atoms with Gasteiger partial charge in [-0.3, -0.25) is 0 Å². The predicted molar refractivity (Wildman–Crippen MR) is 433 cm³/mol. The second-order valence-corrected chi connectivity index (χ2v) is 27.2. The molecule has 0 amide bonds. The minimum absolute atomic E-state index is 1.18. The van der Waals surface area contributed by atoms with Gasteiger partial charge in [0, 0.05) is 21.8 Å². The third-order valence-electron chi connectivity index (χ3n) is 21.6. The largest absolute Gasteiger partial charge is 0.355 e. The van der Waals surface area contributed by atoms with Gasteiger partial charge in [0.25, 0.3) is 0 Å². The van der Waals surface area contributed by atoms with Gasteiger partial charge in [0.2, 0.25) is 0 Å². The summed E-state index contributed by atoms with van der Waals surface area (Å²) >= 11 is 0. The first kappa shape index (κ1) is 59.6. The van der Waals surface area contributed by atoms with Gasteiger partial charge >= 0.3 is 0 Å². The van der Waals surface area contributed by atoms with Crippen molar-refractivity contribution in [3.05, 3.63) is 488 Å². The lowest BCUT2D eigenvalue weighted by atomic mass is 9.91. The highest BCUT2D eigenvalue weighted by molar-refractivity contribution is 6.38. The lowest BCUT2D eigenvalue weighted by Crippen LogP contribution is -1.92. The summed E-state index contributed by atoms with van der Waals surface area (Å²) < 4.78 is 0. The summed E-state index contributed by atoms with van der Waals surface area (Å²) in [7, 11) is 0. The van der Waals surface area contributed by atoms with E-state index in [1.807, 2.05) is 0 Å². The second kappa shape index (κ2) is 24.8. The number of nitrogens with one attached hydrogen (secondary N) is 1. The quantitative estimate of drug-likeness (QED) is 0.156. The number of rotatable bonds is 8. The van der Waals surface area contributed by atoms with Crippen LogP contribution in [0.25, 0.3) is 111 Å². The normalized spacial score (nSPS) is 13.8. The molecule has 1 aromatic heterocycles. The van der Waals surface area contributed by atoms with E-state index in [0.717, 1.165) is 0 Å². The molecule has 1 N–H and O–H groups in total. The molecular formula is C102H65N. The Kier molecular flexibility index (Phi) is 14.3. The van der Waals surface area contributed by atoms with Crippen LogP contribution in [0.3, 0.4) is 0 Å². The summed E-state index contributed by atoms with van der Waals surface area (Å²) in [6, 6.07) is 141. The fraction of sp³-hybridized carbons (Fsp3) is 0. The molecule has 1 nitrogen and oxygen atoms in total. The minimum Gasteiger partial charge on any atom is -0.355 e. The highest BCUT2D eigenvalue weighted by atomic mass is 14.7. The highest BCUT2D eigenvalue weighted by Crippen LogP contribution is 2.62. The molecule has 0 radical (unpaired) electrons. The zero-order valence-corrected chi connectivity index (χ0v) is 56.5. The van der Waals surface area contributed by atoms with Crippen molar-refractivity contribution in [2.75, 3.05) is 0 Å². The maximum Gasteiger partial charge on any atom is 0.0465 e. The van der Waals surface area contributed by atoms with Crippen LogP contribution in [-0.4, -0.2) is 4.98 Å². The number of para-hydroxylation sites is 1. The summed E-state index contributed by atoms with van der Waals surface area (Å²) in [5.41, 5.74) is 47.1. The first-order valence-corrected chi connectivity index (χ1v) is 35.7. The molecule has 0 bridgehead atoms. The fourth-order valence-electron chi connectivity index (χ4n) is 17.3. The third-order valence-corrected chi connectivity index (χ3v) is 21.6. The first-order chi connectivity index (χ1) is 51.2. The number of benzene rings is 15. The van der Waals surface area contributed by atoms with Gasteiger partial charge in [-0.25, -0.2) is 0 Å². The maximum atomic E-state index is 3.58. The van der Waals surface area contributed by atoms with Crippen molar-refractivity contribution in [3.63, 3.8) is 0 Å². The van der Waals surface area contributed by atoms with Crippen molar-refractivity contribution in [1.82, 2.24) is 4.98 Å². The standard InChI is InChI=1S/C34H21N.2C34H22/c1-2-10-21(11-3-1)31-24-13-4-6-15-26(24)34-32(25-14-5-7-16-27(25)33(31)34)22-18-19-30-28(20-22)23-12-8-9-17-29(23)35-30;1-3-12-23(13-4-1)25-16-11-17-26(22-25)32-28-19-8-10-21-30(28)33-31(24-14-5-2-6-15-24)27-18-7-9-20-29(27)34(32)33;1-3-11-23(12-4-1)24-19-21-26(22-20-24)32-28-16-8-10-18-30(28)33-31(25-13-5-2-6-14-25)27-15-7-9-17-29(27)34(32)33/h1-20,35H;2*1-22H. The van der Waals surface area contributed by atoms with Crippen LogP contribution in [0.15, 0.2) is 388 Å². The summed E-state index contributed by atoms with van der Waals surface area (Å²) in [5, 5.41) is 2.55. The average molecular weight is 1300 g/mol. The average Bonchev–Trinajstić information content (AvgIpc) is 1.56. The van der Waals surface area contributed by atoms with E-state index in [0.29, 0.717) is 0 Å². The van der Waals surface area contributed by atoms with E-state index in [2.05, 4.69) is 393 Å². The number of hydrogen-bond acceptors (Lipinski definition) is 0. The van der Waals surface area contributed by atoms with E-state index in [-0.39, 0.29) is 0 Å². The minimum atomic E-state index is 1.18. The van der Waals surface area contributed by atoms with Gasteiger partial charge in [-0.05, 0) is 214 Å². The molecule has 15 aromatic carbocycles. The number of allylic oxidation sites excluding steroid dienone is 6. The Labute approximate surface area is 600 Å². The smallest absolute Gasteiger partial charge is 0.0465 e. The Bertz CT molecular complexity index is 6330. The monoisotopic (exact) mass is 1300 g/mol. The number of H-pyrrole nitrogens is 1. The van der Waals surface area contributed by atoms with Crippen molar-refractivity contribution < 1.29 is 0 Å². The predicted octanol–water partition coefficient (Wildman–Crippen LogP) is 25.8. The van der Waals surface area contributed by atoms with E-state index in [1.165, 1.54) is 211 Å². The van der Waals surface area contributed by atoms with Crippen molar-refractivity contribution in [3.8, 4) is 22.3 Å². The Balaban J connectivity index is 0.000000103. The molecule has 0 unspecified atom stereocenters. The van der Waals surface area contributed by atoms with E-state index >= 15 is 0 Å². The van der Waals surface area contributed by atoms with Crippen LogP contribution in [0.1, 0.15) is 100 Å². The molecule has 16 aromatic rings. The maximum absolute atomic E-state index is 3.58. The van der Waals surface area contributed by atoms with Gasteiger partial charge in [0.15, 0.2) is 0 Å². The number of hydrogen-bond donors (Lipinski definition) is 1. The summed E-state index contributed by atoms with van der Waals surface area (Å²) in [6.45, 7) is 0. The second-order valence-electron chi connectivity index (χ2n) is 27.2. The number of aromatic amines is 1. The van der Waals surface area contributed by atoms with E-state index in [9.17, 15) is 0 Å². The topological polar surface area (TPSA) is 15.8 Å². The van der Waals surface area contributed by atoms with Crippen LogP contribution in [0.2, 0.25) is 0 Å². The van der Waals surface area contributed by atoms with E-state index < -0.39 is 0 Å². The lowest BCUT2D eigenvalue weighted by molar-refractivity contribution is 1.52. The molecule has 478 valence electrons. The summed E-state index contributed by atoms with van der Waals surface area (Å²) in [5.74, 6) is 0. The Hall–Kier alpha value is -13.5. The fourth-order valence-corrected chi connectivity index (χ4v) is 17.3. The molecule has 1 heterocycles. The molecule has 0 spiro atoms. The molecule has 0 aliphatic heterocycles. The van der Waals surface area contributed by atoms with Gasteiger partial charge in [-0.15, -0.1) is 0 Å². The van der Waals surface area contributed by atoms with Gasteiger partial charge in [-0.2, -0.15) is 0 Å². The zero-order valence-electron chi connectivity index (χ0n) is 56.5. The molecule has 103 heavy (non-hydrogen) atoms. The van der Waals surface area contributed by atoms with Crippen molar-refractivity contribution in [2.45, 2.75) is 0 Å². The molecule has 0 fully saturated rings. The zero-order chi connectivity index (χ0) is 67.9. The van der Waals surface area contributed by atoms with E-state index in [4.69, 9.17) is 0 Å². The molecule has 1 heteroatoms. The van der Waals surface area contributed by atoms with Gasteiger partial charge in [-0.1, -0.05) is 364 Å². The van der Waals surface area contributed by atoms with Gasteiger partial charge < -0.3 is 4.98 Å². The van der Waals surface area contributed by atoms with Crippen LogP contribution in [0.4, 0.5) is 0 Å². The Morgan fingerprint density at radius 2 is 0.330 bits per heavy atom. The van der Waals surface area contributed by atoms with Crippen LogP contribution >= 0.6 is 0 Å². The van der Waals surface area contributed by atoms with E-state index in [1.54, 1.807) is 0 Å². The Morgan fingerprint density at radius 3 is 0.689 bits per heavy atom. The highest BCUT2D eigenvalue weighted by Gasteiger charge is 2.40. The molecule has 22 rings (SSSR count). The molecular weight excluding hydrogens is 1240 g/mol. The number of aromatic nitrogens is 1. The van der Waals surface area contributed by atoms with Crippen LogP contribution in [0, 0.1) is 0 Å². The molecule has 0 saturated heterocycles. The van der Waals surface area contributed by atoms with Gasteiger partial charge in [0.05, 0.1) is 0 Å². The molecule has 0 atom stereocenters. The number of fused-ring (bicyclic) bond motifs is 18. The lowest BCUT2D eigenvalue weighted by Gasteiger charge is -2.12. The summed E-state index contributed by atoms with van der Waals surface area (Å²) in [4.78, 5) is 3.58. The first-order valence-electron chi connectivity index (χ1n) is 35.7. The Morgan fingerprint density at radius 1 is 0.117 bits per heavy atom. The summed E-state index contributed by atoms with van der Waals surface area (Å²) in [6.07, 6.45) is 0. The molecule has 6 aliphatic rings. The molecule has 0 saturated carbocycles. The van der Waals surface area contributed by atoms with Gasteiger partial charge in [0.1, 0.15) is 0 Å². The van der Waals surface area contributed by atoms with Crippen molar-refractivity contribution in [2.24, 2.45) is 0 Å². The van der Waals surface area contributed by atoms with Crippen molar-refractivity contribution in [1.29, 1.82) is 0 Å². The van der Waals surface area contributed by atoms with Crippen LogP contribution < -0.4 is 0 Å². The third kappa shape index (κ3) is 9.77. The molecule has 6 aliphatic carbocycles. The van der Waals surface area contributed by atoms with Crippen molar-refractivity contribution >= 4 is 88.7 Å². The van der Waals surface area contributed by atoms with Crippen LogP contribution in [-0.2, 0) is 0 Å². The SMILES string of the molecule is c1ccc(C2=C3C(=C(c4ccc(-c5ccccc5)cc4)c4ccccc43)c3ccccc32)cc1.c1ccc(C2=C3C(=C(c4ccc5[nH]c6ccccc6c5c4)c4ccccc43)c3ccccc32)cc1.c1ccc(C2=C3C(=C(c4cccc(-c5ccccc5)c4)c4ccccc43)c3ccccc32)cc1. The van der Waals surface area contributed by atoms with Crippen LogP contribution in [0.5, 0.6) is 0 Å².